The van der Waals surface area contributed by atoms with Crippen LogP contribution in [0, 0.1) is 0 Å². The van der Waals surface area contributed by atoms with Gasteiger partial charge < -0.3 is 20.5 Å². The van der Waals surface area contributed by atoms with Gasteiger partial charge in [0.2, 0.25) is 5.91 Å². The van der Waals surface area contributed by atoms with Gasteiger partial charge in [0, 0.05) is 19.0 Å². The standard InChI is InChI=1S/C11H20N2O5/c1-7(2)12-5-4-9(14)13-8(11(16)17)6-10(15)18-3/h7-8,12H,4-6H2,1-3H3,(H,13,14)(H,16,17)/t8-/m0/s1. The van der Waals surface area contributed by atoms with Crippen LogP contribution in [0.3, 0.4) is 0 Å². The summed E-state index contributed by atoms with van der Waals surface area (Å²) in [5.74, 6) is -2.35. The topological polar surface area (TPSA) is 105 Å². The lowest BCUT2D eigenvalue weighted by molar-refractivity contribution is -0.148. The second-order valence-electron chi connectivity index (χ2n) is 4.10. The zero-order valence-corrected chi connectivity index (χ0v) is 10.9. The van der Waals surface area contributed by atoms with E-state index in [1.54, 1.807) is 0 Å². The predicted molar refractivity (Wildman–Crippen MR) is 64.0 cm³/mol. The molecule has 0 aromatic carbocycles. The normalized spacial score (nSPS) is 12.0. The number of carbonyl (C=O) groups is 3. The summed E-state index contributed by atoms with van der Waals surface area (Å²) in [5, 5.41) is 14.1. The second kappa shape index (κ2) is 8.46. The number of amides is 1. The maximum Gasteiger partial charge on any atom is 0.326 e. The van der Waals surface area contributed by atoms with Crippen LogP contribution in [-0.2, 0) is 19.1 Å². The Morgan fingerprint density at radius 3 is 2.33 bits per heavy atom. The molecule has 104 valence electrons. The van der Waals surface area contributed by atoms with E-state index in [1.165, 1.54) is 0 Å². The molecule has 0 saturated carbocycles. The van der Waals surface area contributed by atoms with Crippen LogP contribution in [0.25, 0.3) is 0 Å². The van der Waals surface area contributed by atoms with Gasteiger partial charge >= 0.3 is 11.9 Å². The lowest BCUT2D eigenvalue weighted by Crippen LogP contribution is -2.43. The lowest BCUT2D eigenvalue weighted by Gasteiger charge is -2.14. The Kier molecular flexibility index (Phi) is 7.69. The molecule has 0 aromatic heterocycles. The van der Waals surface area contributed by atoms with Crippen molar-refractivity contribution in [2.24, 2.45) is 0 Å². The predicted octanol–water partition coefficient (Wildman–Crippen LogP) is -0.493. The summed E-state index contributed by atoms with van der Waals surface area (Å²) in [6.07, 6.45) is -0.224. The van der Waals surface area contributed by atoms with E-state index in [1.807, 2.05) is 13.8 Å². The van der Waals surface area contributed by atoms with Crippen molar-refractivity contribution >= 4 is 17.8 Å². The first-order valence-corrected chi connectivity index (χ1v) is 5.69. The fourth-order valence-electron chi connectivity index (χ4n) is 1.19. The average molecular weight is 260 g/mol. The van der Waals surface area contributed by atoms with Crippen molar-refractivity contribution in [2.45, 2.75) is 38.8 Å². The Labute approximate surface area is 106 Å². The molecule has 0 saturated heterocycles. The van der Waals surface area contributed by atoms with Crippen molar-refractivity contribution in [3.63, 3.8) is 0 Å². The summed E-state index contributed by atoms with van der Waals surface area (Å²) in [5.41, 5.74) is 0. The molecule has 0 bridgehead atoms. The van der Waals surface area contributed by atoms with Crippen molar-refractivity contribution in [1.29, 1.82) is 0 Å². The third-order valence-corrected chi connectivity index (χ3v) is 2.14. The Hall–Kier alpha value is -1.63. The fourth-order valence-corrected chi connectivity index (χ4v) is 1.19. The van der Waals surface area contributed by atoms with Gasteiger partial charge in [0.05, 0.1) is 13.5 Å². The highest BCUT2D eigenvalue weighted by atomic mass is 16.5. The van der Waals surface area contributed by atoms with E-state index in [0.717, 1.165) is 7.11 Å². The largest absolute Gasteiger partial charge is 0.480 e. The van der Waals surface area contributed by atoms with Gasteiger partial charge in [-0.1, -0.05) is 13.8 Å². The van der Waals surface area contributed by atoms with Crippen LogP contribution in [0.15, 0.2) is 0 Å². The molecule has 1 atom stereocenters. The smallest absolute Gasteiger partial charge is 0.326 e. The average Bonchev–Trinajstić information content (AvgIpc) is 2.27. The van der Waals surface area contributed by atoms with Crippen LogP contribution in [0.4, 0.5) is 0 Å². The number of carboxylic acid groups (broad SMARTS) is 1. The SMILES string of the molecule is COC(=O)C[C@H](NC(=O)CCNC(C)C)C(=O)O. The van der Waals surface area contributed by atoms with Gasteiger partial charge in [-0.3, -0.25) is 9.59 Å². The number of ether oxygens (including phenoxy) is 1. The number of esters is 1. The minimum atomic E-state index is -1.26. The molecule has 0 aliphatic rings. The number of rotatable bonds is 8. The van der Waals surface area contributed by atoms with E-state index in [9.17, 15) is 14.4 Å². The fraction of sp³-hybridized carbons (Fsp3) is 0.727. The van der Waals surface area contributed by atoms with Crippen LogP contribution in [-0.4, -0.2) is 48.7 Å². The molecule has 0 heterocycles. The summed E-state index contributed by atoms with van der Waals surface area (Å²) in [4.78, 5) is 33.2. The number of carboxylic acids is 1. The first-order chi connectivity index (χ1) is 8.36. The highest BCUT2D eigenvalue weighted by Gasteiger charge is 2.23. The van der Waals surface area contributed by atoms with Gasteiger partial charge in [0.15, 0.2) is 0 Å². The first-order valence-electron chi connectivity index (χ1n) is 5.69. The minimum absolute atomic E-state index is 0.156. The van der Waals surface area contributed by atoms with Crippen LogP contribution in [0.2, 0.25) is 0 Å². The van der Waals surface area contributed by atoms with E-state index < -0.39 is 23.9 Å². The third-order valence-electron chi connectivity index (χ3n) is 2.14. The molecule has 0 fully saturated rings. The number of nitrogens with one attached hydrogen (secondary N) is 2. The number of aliphatic carboxylic acids is 1. The number of carbonyl (C=O) groups excluding carboxylic acids is 2. The summed E-state index contributed by atoms with van der Waals surface area (Å²) in [6, 6.07) is -0.993. The van der Waals surface area contributed by atoms with Crippen molar-refractivity contribution < 1.29 is 24.2 Å². The van der Waals surface area contributed by atoms with E-state index in [4.69, 9.17) is 5.11 Å². The van der Waals surface area contributed by atoms with Gasteiger partial charge in [-0.15, -0.1) is 0 Å². The summed E-state index contributed by atoms with van der Waals surface area (Å²) in [6.45, 7) is 4.33. The van der Waals surface area contributed by atoms with Crippen LogP contribution in [0.5, 0.6) is 0 Å². The minimum Gasteiger partial charge on any atom is -0.480 e. The lowest BCUT2D eigenvalue weighted by atomic mass is 10.2. The van der Waals surface area contributed by atoms with Gasteiger partial charge in [-0.2, -0.15) is 0 Å². The van der Waals surface area contributed by atoms with E-state index in [0.29, 0.717) is 6.54 Å². The number of hydrogen-bond donors (Lipinski definition) is 3. The number of hydrogen-bond acceptors (Lipinski definition) is 5. The Bertz CT molecular complexity index is 304. The molecule has 1 amide bonds. The maximum absolute atomic E-state index is 11.4. The molecule has 7 heteroatoms. The molecule has 0 aromatic rings. The highest BCUT2D eigenvalue weighted by molar-refractivity contribution is 5.87. The van der Waals surface area contributed by atoms with Crippen molar-refractivity contribution in [1.82, 2.24) is 10.6 Å². The number of methoxy groups -OCH3 is 1. The second-order valence-corrected chi connectivity index (χ2v) is 4.10. The quantitative estimate of drug-likeness (QED) is 0.508. The molecule has 0 aliphatic carbocycles. The van der Waals surface area contributed by atoms with Gasteiger partial charge in [0.1, 0.15) is 6.04 Å². The molecule has 7 nitrogen and oxygen atoms in total. The Morgan fingerprint density at radius 2 is 1.89 bits per heavy atom. The van der Waals surface area contributed by atoms with E-state index in [-0.39, 0.29) is 18.9 Å². The van der Waals surface area contributed by atoms with Gasteiger partial charge in [0.25, 0.3) is 0 Å². The van der Waals surface area contributed by atoms with Crippen LogP contribution in [0.1, 0.15) is 26.7 Å². The van der Waals surface area contributed by atoms with E-state index >= 15 is 0 Å². The Morgan fingerprint density at radius 1 is 1.28 bits per heavy atom. The summed E-state index contributed by atoms with van der Waals surface area (Å²) < 4.78 is 4.36. The monoisotopic (exact) mass is 260 g/mol. The molecule has 0 rings (SSSR count). The molecule has 18 heavy (non-hydrogen) atoms. The maximum atomic E-state index is 11.4. The van der Waals surface area contributed by atoms with E-state index in [2.05, 4.69) is 15.4 Å². The van der Waals surface area contributed by atoms with Crippen molar-refractivity contribution in [3.8, 4) is 0 Å². The van der Waals surface area contributed by atoms with Crippen LogP contribution >= 0.6 is 0 Å². The molecule has 0 radical (unpaired) electrons. The molecule has 0 unspecified atom stereocenters. The summed E-state index contributed by atoms with van der Waals surface area (Å²) in [7, 11) is 1.16. The highest BCUT2D eigenvalue weighted by Crippen LogP contribution is 1.96. The summed E-state index contributed by atoms with van der Waals surface area (Å²) >= 11 is 0. The van der Waals surface area contributed by atoms with Gasteiger partial charge in [-0.25, -0.2) is 4.79 Å². The van der Waals surface area contributed by atoms with Gasteiger partial charge in [-0.05, 0) is 0 Å². The molecular weight excluding hydrogens is 240 g/mol. The Balaban J connectivity index is 4.12. The first kappa shape index (κ1) is 16.4. The molecule has 0 aliphatic heterocycles. The molecule has 3 N–H and O–H groups in total. The third kappa shape index (κ3) is 7.61. The van der Waals surface area contributed by atoms with Crippen molar-refractivity contribution in [3.05, 3.63) is 0 Å². The molecule has 0 spiro atoms. The van der Waals surface area contributed by atoms with Crippen LogP contribution < -0.4 is 10.6 Å². The molecular formula is C11H20N2O5. The van der Waals surface area contributed by atoms with Crippen molar-refractivity contribution in [2.75, 3.05) is 13.7 Å². The zero-order chi connectivity index (χ0) is 14.1. The zero-order valence-electron chi connectivity index (χ0n) is 10.9.